The van der Waals surface area contributed by atoms with Crippen molar-refractivity contribution in [3.63, 3.8) is 0 Å². The predicted octanol–water partition coefficient (Wildman–Crippen LogP) is 2.70. The molecular formula is C25H34F2N6O3S. The molecule has 1 N–H and O–H groups in total. The Kier molecular flexibility index (Phi) is 6.49. The van der Waals surface area contributed by atoms with Gasteiger partial charge in [0.1, 0.15) is 0 Å². The number of piperidine rings is 1. The number of rotatable bonds is 9. The number of fused-ring (bicyclic) bond motifs is 1. The zero-order chi connectivity index (χ0) is 25.8. The first-order valence-corrected chi connectivity index (χ1v) is 14.6. The lowest BCUT2D eigenvalue weighted by Crippen LogP contribution is -2.72. The van der Waals surface area contributed by atoms with Gasteiger partial charge in [-0.1, -0.05) is 0 Å². The lowest BCUT2D eigenvalue weighted by Gasteiger charge is -2.61. The fraction of sp³-hybridized carbons (Fsp3) is 0.680. The molecule has 6 rings (SSSR count). The first-order valence-electron chi connectivity index (χ1n) is 13.1. The first kappa shape index (κ1) is 25.1. The molecule has 4 aliphatic rings. The van der Waals surface area contributed by atoms with Crippen LogP contribution in [0.5, 0.6) is 0 Å². The molecular weight excluding hydrogens is 502 g/mol. The molecule has 1 saturated carbocycles. The summed E-state index contributed by atoms with van der Waals surface area (Å²) in [6.07, 6.45) is 1.94. The van der Waals surface area contributed by atoms with E-state index in [0.29, 0.717) is 49.4 Å². The van der Waals surface area contributed by atoms with Crippen LogP contribution in [-0.4, -0.2) is 98.4 Å². The Morgan fingerprint density at radius 1 is 1.14 bits per heavy atom. The molecule has 2 aromatic rings. The Morgan fingerprint density at radius 3 is 2.51 bits per heavy atom. The highest BCUT2D eigenvalue weighted by atomic mass is 32.2. The van der Waals surface area contributed by atoms with Crippen molar-refractivity contribution in [3.05, 3.63) is 23.9 Å². The molecule has 3 aliphatic heterocycles. The molecule has 0 amide bonds. The number of likely N-dealkylation sites (tertiary alicyclic amines) is 1. The number of sulfonamides is 1. The minimum Gasteiger partial charge on any atom is -0.383 e. The van der Waals surface area contributed by atoms with Crippen molar-refractivity contribution in [1.29, 1.82) is 0 Å². The lowest BCUT2D eigenvalue weighted by molar-refractivity contribution is -0.0326. The fourth-order valence-corrected chi connectivity index (χ4v) is 7.89. The van der Waals surface area contributed by atoms with E-state index in [1.807, 2.05) is 0 Å². The second kappa shape index (κ2) is 9.55. The fourth-order valence-electron chi connectivity index (χ4n) is 6.01. The number of hydrogen-bond acceptors (Lipinski definition) is 8. The van der Waals surface area contributed by atoms with Gasteiger partial charge in [0.2, 0.25) is 16.0 Å². The molecule has 4 fully saturated rings. The van der Waals surface area contributed by atoms with Crippen molar-refractivity contribution >= 4 is 32.6 Å². The monoisotopic (exact) mass is 536 g/mol. The molecule has 0 radical (unpaired) electrons. The molecule has 1 spiro atoms. The number of halogens is 2. The van der Waals surface area contributed by atoms with Gasteiger partial charge in [0.05, 0.1) is 23.1 Å². The molecule has 12 heteroatoms. The van der Waals surface area contributed by atoms with Gasteiger partial charge < -0.3 is 15.0 Å². The van der Waals surface area contributed by atoms with Gasteiger partial charge >= 0.3 is 0 Å². The van der Waals surface area contributed by atoms with E-state index in [1.165, 1.54) is 6.07 Å². The van der Waals surface area contributed by atoms with Gasteiger partial charge in [0.25, 0.3) is 6.43 Å². The quantitative estimate of drug-likeness (QED) is 0.523. The van der Waals surface area contributed by atoms with Gasteiger partial charge in [0.15, 0.2) is 0 Å². The Labute approximate surface area is 216 Å². The average molecular weight is 537 g/mol. The maximum absolute atomic E-state index is 13.7. The number of benzene rings is 1. The third-order valence-electron chi connectivity index (χ3n) is 8.15. The SMILES string of the molecule is COCCN1CC2(C1)CN(c1cc(C(F)F)cc3cnc(NC4CCN(S(=O)(=O)C5CC5)CC4)nc13)C2. The van der Waals surface area contributed by atoms with Crippen molar-refractivity contribution in [2.45, 2.75) is 43.4 Å². The van der Waals surface area contributed by atoms with Crippen LogP contribution >= 0.6 is 0 Å². The Bertz CT molecular complexity index is 1250. The summed E-state index contributed by atoms with van der Waals surface area (Å²) in [7, 11) is -1.45. The summed E-state index contributed by atoms with van der Waals surface area (Å²) in [5, 5.41) is 3.77. The smallest absolute Gasteiger partial charge is 0.263 e. The second-order valence-electron chi connectivity index (χ2n) is 11.1. The Morgan fingerprint density at radius 2 is 1.86 bits per heavy atom. The summed E-state index contributed by atoms with van der Waals surface area (Å²) in [6, 6.07) is 3.10. The molecule has 1 aromatic carbocycles. The van der Waals surface area contributed by atoms with Crippen molar-refractivity contribution in [2.75, 3.05) is 69.7 Å². The largest absolute Gasteiger partial charge is 0.383 e. The van der Waals surface area contributed by atoms with E-state index in [0.717, 1.165) is 51.3 Å². The topological polar surface area (TPSA) is 90.9 Å². The molecule has 202 valence electrons. The molecule has 37 heavy (non-hydrogen) atoms. The number of nitrogens with zero attached hydrogens (tertiary/aromatic N) is 5. The number of alkyl halides is 2. The van der Waals surface area contributed by atoms with Crippen molar-refractivity contribution < 1.29 is 21.9 Å². The van der Waals surface area contributed by atoms with Crippen LogP contribution in [0.1, 0.15) is 37.7 Å². The second-order valence-corrected chi connectivity index (χ2v) is 13.3. The van der Waals surface area contributed by atoms with E-state index in [4.69, 9.17) is 9.72 Å². The van der Waals surface area contributed by atoms with Gasteiger partial charge in [0, 0.05) is 81.5 Å². The maximum Gasteiger partial charge on any atom is 0.263 e. The van der Waals surface area contributed by atoms with Crippen molar-refractivity contribution in [1.82, 2.24) is 19.2 Å². The molecule has 0 unspecified atom stereocenters. The molecule has 1 aromatic heterocycles. The molecule has 3 saturated heterocycles. The van der Waals surface area contributed by atoms with Crippen LogP contribution in [0.2, 0.25) is 0 Å². The predicted molar refractivity (Wildman–Crippen MR) is 138 cm³/mol. The van der Waals surface area contributed by atoms with Crippen LogP contribution in [0.15, 0.2) is 18.3 Å². The van der Waals surface area contributed by atoms with E-state index >= 15 is 0 Å². The van der Waals surface area contributed by atoms with E-state index in [1.54, 1.807) is 23.7 Å². The highest BCUT2D eigenvalue weighted by Gasteiger charge is 2.51. The summed E-state index contributed by atoms with van der Waals surface area (Å²) in [6.45, 7) is 6.23. The van der Waals surface area contributed by atoms with Crippen LogP contribution in [0.4, 0.5) is 20.4 Å². The normalized spacial score (nSPS) is 23.0. The molecule has 0 bridgehead atoms. The van der Waals surface area contributed by atoms with Crippen molar-refractivity contribution in [2.24, 2.45) is 5.41 Å². The highest BCUT2D eigenvalue weighted by molar-refractivity contribution is 7.90. The van der Waals surface area contributed by atoms with Crippen LogP contribution < -0.4 is 10.2 Å². The van der Waals surface area contributed by atoms with E-state index < -0.39 is 16.4 Å². The number of nitrogens with one attached hydrogen (secondary N) is 1. The zero-order valence-corrected chi connectivity index (χ0v) is 21.9. The maximum atomic E-state index is 13.7. The summed E-state index contributed by atoms with van der Waals surface area (Å²) in [5.41, 5.74) is 1.59. The van der Waals surface area contributed by atoms with Gasteiger partial charge in [-0.15, -0.1) is 0 Å². The Hall–Kier alpha value is -2.15. The number of ether oxygens (including phenoxy) is 1. The van der Waals surface area contributed by atoms with E-state index in [-0.39, 0.29) is 22.3 Å². The van der Waals surface area contributed by atoms with Crippen LogP contribution in [0.25, 0.3) is 10.9 Å². The van der Waals surface area contributed by atoms with E-state index in [9.17, 15) is 17.2 Å². The zero-order valence-electron chi connectivity index (χ0n) is 21.1. The van der Waals surface area contributed by atoms with Crippen LogP contribution in [0, 0.1) is 5.41 Å². The summed E-state index contributed by atoms with van der Waals surface area (Å²) >= 11 is 0. The summed E-state index contributed by atoms with van der Waals surface area (Å²) < 4.78 is 59.2. The lowest BCUT2D eigenvalue weighted by atomic mass is 9.72. The third-order valence-corrected chi connectivity index (χ3v) is 10.6. The minimum absolute atomic E-state index is 0.0210. The average Bonchev–Trinajstić information content (AvgIpc) is 3.68. The number of aromatic nitrogens is 2. The van der Waals surface area contributed by atoms with Gasteiger partial charge in [-0.3, -0.25) is 4.90 Å². The number of hydrogen-bond donors (Lipinski definition) is 1. The number of methoxy groups -OCH3 is 1. The first-order chi connectivity index (χ1) is 17.8. The molecule has 1 aliphatic carbocycles. The number of anilines is 2. The third kappa shape index (κ3) is 4.88. The van der Waals surface area contributed by atoms with Crippen LogP contribution in [0.3, 0.4) is 0 Å². The highest BCUT2D eigenvalue weighted by Crippen LogP contribution is 2.44. The molecule has 4 heterocycles. The van der Waals surface area contributed by atoms with Crippen LogP contribution in [-0.2, 0) is 14.8 Å². The summed E-state index contributed by atoms with van der Waals surface area (Å²) in [4.78, 5) is 13.7. The molecule has 9 nitrogen and oxygen atoms in total. The van der Waals surface area contributed by atoms with Crippen molar-refractivity contribution in [3.8, 4) is 0 Å². The standard InChI is InChI=1S/C25H34F2N6O3S/c1-36-9-8-31-13-25(14-31)15-32(16-25)21-11-17(23(26)27)10-18-12-28-24(30-22(18)21)29-19-4-6-33(7-5-19)37(34,35)20-2-3-20/h10-12,19-20,23H,2-9,13-16H2,1H3,(H,28,29,30). The Balaban J connectivity index is 1.16. The van der Waals surface area contributed by atoms with Gasteiger partial charge in [-0.25, -0.2) is 31.5 Å². The molecule has 0 atom stereocenters. The van der Waals surface area contributed by atoms with E-state index in [2.05, 4.69) is 20.1 Å². The van der Waals surface area contributed by atoms with Gasteiger partial charge in [-0.05, 0) is 37.8 Å². The van der Waals surface area contributed by atoms with Gasteiger partial charge in [-0.2, -0.15) is 0 Å². The summed E-state index contributed by atoms with van der Waals surface area (Å²) in [5.74, 6) is 0.451. The minimum atomic E-state index is -3.15.